The molecule has 1 fully saturated rings. The SMILES string of the molecule is CC/C(=C/N)N1C=C=C(c2ccc(F)c(F)c2CCCc2c(CC3(C)CC3)nn(C)c2C)C=CC1. The van der Waals surface area contributed by atoms with Gasteiger partial charge in [0.2, 0.25) is 0 Å². The topological polar surface area (TPSA) is 47.1 Å². The highest BCUT2D eigenvalue weighted by atomic mass is 19.2. The number of benzene rings is 1. The van der Waals surface area contributed by atoms with Crippen molar-refractivity contribution in [2.24, 2.45) is 18.2 Å². The van der Waals surface area contributed by atoms with Gasteiger partial charge >= 0.3 is 0 Å². The first-order valence-corrected chi connectivity index (χ1v) is 12.6. The van der Waals surface area contributed by atoms with E-state index in [1.54, 1.807) is 12.3 Å². The maximum atomic E-state index is 15.0. The summed E-state index contributed by atoms with van der Waals surface area (Å²) in [6.45, 7) is 7.09. The van der Waals surface area contributed by atoms with Crippen molar-refractivity contribution in [3.8, 4) is 0 Å². The minimum Gasteiger partial charge on any atom is -0.403 e. The van der Waals surface area contributed by atoms with Crippen molar-refractivity contribution in [1.29, 1.82) is 0 Å². The predicted octanol–water partition coefficient (Wildman–Crippen LogP) is 6.10. The van der Waals surface area contributed by atoms with Crippen molar-refractivity contribution >= 4 is 5.57 Å². The van der Waals surface area contributed by atoms with Crippen LogP contribution in [0.3, 0.4) is 0 Å². The number of hydrogen-bond acceptors (Lipinski definition) is 3. The summed E-state index contributed by atoms with van der Waals surface area (Å²) < 4.78 is 31.3. The van der Waals surface area contributed by atoms with Crippen LogP contribution >= 0.6 is 0 Å². The fraction of sp³-hybridized carbons (Fsp3) is 0.448. The molecule has 1 aromatic heterocycles. The van der Waals surface area contributed by atoms with E-state index >= 15 is 4.39 Å². The number of aryl methyl sites for hydroxylation is 1. The van der Waals surface area contributed by atoms with Crippen LogP contribution in [-0.4, -0.2) is 21.2 Å². The number of nitrogens with zero attached hydrogens (tertiary/aromatic N) is 3. The van der Waals surface area contributed by atoms with Gasteiger partial charge in [0.25, 0.3) is 0 Å². The van der Waals surface area contributed by atoms with E-state index in [1.165, 1.54) is 24.5 Å². The van der Waals surface area contributed by atoms with E-state index in [0.29, 0.717) is 35.9 Å². The zero-order valence-corrected chi connectivity index (χ0v) is 21.3. The lowest BCUT2D eigenvalue weighted by atomic mass is 9.93. The molecule has 2 heterocycles. The lowest BCUT2D eigenvalue weighted by Crippen LogP contribution is -2.16. The normalized spacial score (nSPS) is 17.0. The summed E-state index contributed by atoms with van der Waals surface area (Å²) in [4.78, 5) is 2.01. The average molecular weight is 479 g/mol. The van der Waals surface area contributed by atoms with Gasteiger partial charge in [-0.2, -0.15) is 5.10 Å². The molecule has 4 nitrogen and oxygen atoms in total. The van der Waals surface area contributed by atoms with Crippen molar-refractivity contribution in [3.63, 3.8) is 0 Å². The molecule has 0 spiro atoms. The van der Waals surface area contributed by atoms with E-state index in [9.17, 15) is 4.39 Å². The molecule has 0 amide bonds. The second-order valence-electron chi connectivity index (χ2n) is 10.1. The van der Waals surface area contributed by atoms with Crippen LogP contribution in [-0.2, 0) is 26.3 Å². The predicted molar refractivity (Wildman–Crippen MR) is 137 cm³/mol. The van der Waals surface area contributed by atoms with Crippen molar-refractivity contribution in [2.75, 3.05) is 6.54 Å². The average Bonchev–Trinajstić information content (AvgIpc) is 3.56. The van der Waals surface area contributed by atoms with E-state index in [2.05, 4.69) is 19.6 Å². The smallest absolute Gasteiger partial charge is 0.162 e. The maximum absolute atomic E-state index is 15.0. The third-order valence-electron chi connectivity index (χ3n) is 7.46. The summed E-state index contributed by atoms with van der Waals surface area (Å²) in [5.41, 5.74) is 15.8. The summed E-state index contributed by atoms with van der Waals surface area (Å²) in [5.74, 6) is -1.58. The number of hydrogen-bond donors (Lipinski definition) is 1. The van der Waals surface area contributed by atoms with Crippen LogP contribution in [0.5, 0.6) is 0 Å². The number of allylic oxidation sites excluding steroid dienone is 3. The van der Waals surface area contributed by atoms with Gasteiger partial charge in [-0.15, -0.1) is 0 Å². The monoisotopic (exact) mass is 478 g/mol. The molecule has 4 rings (SSSR count). The highest BCUT2D eigenvalue weighted by Crippen LogP contribution is 2.48. The number of halogens is 2. The molecule has 0 saturated heterocycles. The molecule has 1 saturated carbocycles. The number of rotatable bonds is 9. The first-order valence-electron chi connectivity index (χ1n) is 12.6. The molecule has 186 valence electrons. The fourth-order valence-corrected chi connectivity index (χ4v) is 4.83. The Balaban J connectivity index is 1.58. The lowest BCUT2D eigenvalue weighted by Gasteiger charge is -2.18. The van der Waals surface area contributed by atoms with Gasteiger partial charge in [-0.1, -0.05) is 31.7 Å². The molecule has 2 aliphatic rings. The van der Waals surface area contributed by atoms with Crippen LogP contribution < -0.4 is 5.73 Å². The fourth-order valence-electron chi connectivity index (χ4n) is 4.83. The Morgan fingerprint density at radius 3 is 2.66 bits per heavy atom. The molecular weight excluding hydrogens is 442 g/mol. The van der Waals surface area contributed by atoms with Crippen molar-refractivity contribution in [1.82, 2.24) is 14.7 Å². The first-order chi connectivity index (χ1) is 16.8. The van der Waals surface area contributed by atoms with E-state index < -0.39 is 11.6 Å². The number of aromatic nitrogens is 2. The van der Waals surface area contributed by atoms with Crippen molar-refractivity contribution < 1.29 is 8.78 Å². The molecule has 1 aliphatic carbocycles. The molecule has 0 bridgehead atoms. The zero-order valence-electron chi connectivity index (χ0n) is 21.3. The van der Waals surface area contributed by atoms with Crippen LogP contribution in [0.1, 0.15) is 67.6 Å². The third-order valence-corrected chi connectivity index (χ3v) is 7.46. The van der Waals surface area contributed by atoms with Gasteiger partial charge in [0.1, 0.15) is 0 Å². The van der Waals surface area contributed by atoms with Crippen LogP contribution in [0.4, 0.5) is 8.78 Å². The minimum atomic E-state index is -0.813. The molecule has 2 aromatic rings. The van der Waals surface area contributed by atoms with Gasteiger partial charge in [0.15, 0.2) is 11.6 Å². The maximum Gasteiger partial charge on any atom is 0.162 e. The van der Waals surface area contributed by atoms with Gasteiger partial charge in [-0.3, -0.25) is 4.68 Å². The molecule has 1 aromatic carbocycles. The van der Waals surface area contributed by atoms with Gasteiger partial charge in [0.05, 0.1) is 5.69 Å². The quantitative estimate of drug-likeness (QED) is 0.443. The third kappa shape index (κ3) is 5.43. The molecule has 6 heteroatoms. The second-order valence-corrected chi connectivity index (χ2v) is 10.1. The van der Waals surface area contributed by atoms with Gasteiger partial charge in [-0.05, 0) is 86.1 Å². The first kappa shape index (κ1) is 25.0. The summed E-state index contributed by atoms with van der Waals surface area (Å²) in [5, 5.41) is 4.77. The summed E-state index contributed by atoms with van der Waals surface area (Å²) in [6.07, 6.45) is 13.6. The van der Waals surface area contributed by atoms with E-state index in [0.717, 1.165) is 41.9 Å². The minimum absolute atomic E-state index is 0.368. The Kier molecular flexibility index (Phi) is 7.32. The molecule has 0 unspecified atom stereocenters. The van der Waals surface area contributed by atoms with Crippen molar-refractivity contribution in [2.45, 2.75) is 65.7 Å². The largest absolute Gasteiger partial charge is 0.403 e. The summed E-state index contributed by atoms with van der Waals surface area (Å²) in [6, 6.07) is 2.87. The molecule has 1 aliphatic heterocycles. The summed E-state index contributed by atoms with van der Waals surface area (Å²) >= 11 is 0. The number of nitrogens with two attached hydrogens (primary N) is 1. The standard InChI is InChI=1S/C29H36F2N4/c1-5-22(19-32)35-16-7-8-21(13-17-35)24-11-12-26(30)28(31)25(24)10-6-9-23-20(2)34(4)33-27(23)18-29(3)14-15-29/h7-8,11-12,17,19H,5-6,9-10,14-16,18,32H2,1-4H3/b22-19-. The Morgan fingerprint density at radius 2 is 1.97 bits per heavy atom. The molecular formula is C29H36F2N4. The Labute approximate surface area is 207 Å². The molecule has 0 radical (unpaired) electrons. The van der Waals surface area contributed by atoms with Crippen LogP contribution in [0, 0.1) is 24.0 Å². The zero-order chi connectivity index (χ0) is 25.2. The van der Waals surface area contributed by atoms with Crippen molar-refractivity contribution in [3.05, 3.63) is 87.8 Å². The van der Waals surface area contributed by atoms with Gasteiger partial charge < -0.3 is 10.6 Å². The van der Waals surface area contributed by atoms with Crippen LogP contribution in [0.15, 0.2) is 48.1 Å². The van der Waals surface area contributed by atoms with Gasteiger partial charge in [0, 0.05) is 43.0 Å². The molecule has 0 atom stereocenters. The highest BCUT2D eigenvalue weighted by molar-refractivity contribution is 5.76. The lowest BCUT2D eigenvalue weighted by molar-refractivity contribution is 0.496. The van der Waals surface area contributed by atoms with E-state index in [4.69, 9.17) is 10.8 Å². The summed E-state index contributed by atoms with van der Waals surface area (Å²) in [7, 11) is 1.98. The van der Waals surface area contributed by atoms with Gasteiger partial charge in [-0.25, -0.2) is 8.78 Å². The Morgan fingerprint density at radius 1 is 1.23 bits per heavy atom. The Bertz CT molecular complexity index is 1220. The van der Waals surface area contributed by atoms with E-state index in [-0.39, 0.29) is 0 Å². The molecule has 35 heavy (non-hydrogen) atoms. The van der Waals surface area contributed by atoms with Crippen LogP contribution in [0.2, 0.25) is 0 Å². The highest BCUT2D eigenvalue weighted by Gasteiger charge is 2.38. The Hall–Kier alpha value is -3.11. The second kappa shape index (κ2) is 10.2. The van der Waals surface area contributed by atoms with Crippen LogP contribution in [0.25, 0.3) is 5.57 Å². The van der Waals surface area contributed by atoms with E-state index in [1.807, 2.05) is 41.9 Å². The molecule has 2 N–H and O–H groups in total.